The molecule has 7 nitrogen and oxygen atoms in total. The zero-order chi connectivity index (χ0) is 16.3. The topological polar surface area (TPSA) is 84.0 Å². The SMILES string of the molecule is COC(=O)C1CN(S(C)(=O)=O)CCN1C(=O)C1CCCCC1. The molecule has 1 aliphatic carbocycles. The molecule has 1 saturated carbocycles. The Morgan fingerprint density at radius 1 is 1.09 bits per heavy atom. The average molecular weight is 332 g/mol. The highest BCUT2D eigenvalue weighted by Gasteiger charge is 2.40. The summed E-state index contributed by atoms with van der Waals surface area (Å²) < 4.78 is 29.4. The standard InChI is InChI=1S/C14H24N2O5S/c1-21-14(18)12-10-15(22(2,19)20)8-9-16(12)13(17)11-6-4-3-5-7-11/h11-12H,3-10H2,1-2H3. The first-order valence-electron chi connectivity index (χ1n) is 7.68. The smallest absolute Gasteiger partial charge is 0.329 e. The van der Waals surface area contributed by atoms with E-state index in [1.165, 1.54) is 16.3 Å². The number of amides is 1. The van der Waals surface area contributed by atoms with Gasteiger partial charge in [0.1, 0.15) is 6.04 Å². The van der Waals surface area contributed by atoms with Gasteiger partial charge in [0.25, 0.3) is 0 Å². The van der Waals surface area contributed by atoms with Gasteiger partial charge in [-0.2, -0.15) is 4.31 Å². The summed E-state index contributed by atoms with van der Waals surface area (Å²) >= 11 is 0. The Labute approximate surface area is 131 Å². The molecular weight excluding hydrogens is 308 g/mol. The van der Waals surface area contributed by atoms with Crippen LogP contribution < -0.4 is 0 Å². The van der Waals surface area contributed by atoms with E-state index in [1.807, 2.05) is 0 Å². The molecule has 22 heavy (non-hydrogen) atoms. The minimum absolute atomic E-state index is 0.0238. The first-order chi connectivity index (χ1) is 10.3. The normalized spacial score (nSPS) is 25.0. The molecule has 8 heteroatoms. The lowest BCUT2D eigenvalue weighted by Gasteiger charge is -2.40. The number of hydrogen-bond donors (Lipinski definition) is 0. The van der Waals surface area contributed by atoms with E-state index in [0.29, 0.717) is 0 Å². The van der Waals surface area contributed by atoms with Crippen molar-refractivity contribution < 1.29 is 22.7 Å². The monoisotopic (exact) mass is 332 g/mol. The fourth-order valence-corrected chi connectivity index (χ4v) is 4.07. The molecule has 1 saturated heterocycles. The van der Waals surface area contributed by atoms with Crippen LogP contribution in [0.2, 0.25) is 0 Å². The van der Waals surface area contributed by atoms with E-state index < -0.39 is 22.0 Å². The molecule has 0 aromatic heterocycles. The van der Waals surface area contributed by atoms with Gasteiger partial charge >= 0.3 is 5.97 Å². The summed E-state index contributed by atoms with van der Waals surface area (Å²) in [6.45, 7) is 0.441. The number of nitrogens with zero attached hydrogens (tertiary/aromatic N) is 2. The predicted molar refractivity (Wildman–Crippen MR) is 80.5 cm³/mol. The number of rotatable bonds is 3. The van der Waals surface area contributed by atoms with Gasteiger partial charge in [-0.1, -0.05) is 19.3 Å². The number of hydrogen-bond acceptors (Lipinski definition) is 5. The molecule has 1 heterocycles. The molecule has 126 valence electrons. The number of sulfonamides is 1. The van der Waals surface area contributed by atoms with Crippen LogP contribution in [0, 0.1) is 5.92 Å². The van der Waals surface area contributed by atoms with Gasteiger partial charge < -0.3 is 9.64 Å². The van der Waals surface area contributed by atoms with Crippen LogP contribution in [0.15, 0.2) is 0 Å². The summed E-state index contributed by atoms with van der Waals surface area (Å²) in [5.41, 5.74) is 0. The fraction of sp³-hybridized carbons (Fsp3) is 0.857. The van der Waals surface area contributed by atoms with Crippen molar-refractivity contribution in [1.82, 2.24) is 9.21 Å². The number of carbonyl (C=O) groups is 2. The first-order valence-corrected chi connectivity index (χ1v) is 9.53. The first kappa shape index (κ1) is 17.2. The lowest BCUT2D eigenvalue weighted by Crippen LogP contribution is -2.60. The molecule has 2 rings (SSSR count). The fourth-order valence-electron chi connectivity index (χ4n) is 3.24. The molecule has 1 atom stereocenters. The van der Waals surface area contributed by atoms with Crippen LogP contribution in [-0.2, 0) is 24.3 Å². The number of ether oxygens (including phenoxy) is 1. The summed E-state index contributed by atoms with van der Waals surface area (Å²) in [4.78, 5) is 26.2. The molecule has 0 spiro atoms. The van der Waals surface area contributed by atoms with E-state index in [9.17, 15) is 18.0 Å². The van der Waals surface area contributed by atoms with Crippen LogP contribution in [0.4, 0.5) is 0 Å². The largest absolute Gasteiger partial charge is 0.467 e. The van der Waals surface area contributed by atoms with E-state index in [-0.39, 0.29) is 31.5 Å². The molecule has 2 aliphatic rings. The number of esters is 1. The van der Waals surface area contributed by atoms with Gasteiger partial charge in [-0.3, -0.25) is 4.79 Å². The third kappa shape index (κ3) is 3.78. The van der Waals surface area contributed by atoms with Crippen LogP contribution >= 0.6 is 0 Å². The summed E-state index contributed by atoms with van der Waals surface area (Å²) in [7, 11) is -2.13. The van der Waals surface area contributed by atoms with Gasteiger partial charge in [0.2, 0.25) is 15.9 Å². The molecule has 0 radical (unpaired) electrons. The highest BCUT2D eigenvalue weighted by atomic mass is 32.2. The maximum Gasteiger partial charge on any atom is 0.329 e. The highest BCUT2D eigenvalue weighted by Crippen LogP contribution is 2.27. The van der Waals surface area contributed by atoms with Crippen molar-refractivity contribution in [3.63, 3.8) is 0 Å². The Morgan fingerprint density at radius 2 is 1.73 bits per heavy atom. The zero-order valence-electron chi connectivity index (χ0n) is 13.2. The third-order valence-corrected chi connectivity index (χ3v) is 5.79. The van der Waals surface area contributed by atoms with Gasteiger partial charge in [-0.25, -0.2) is 13.2 Å². The lowest BCUT2D eigenvalue weighted by molar-refractivity contribution is -0.157. The van der Waals surface area contributed by atoms with E-state index in [1.54, 1.807) is 0 Å². The second-order valence-electron chi connectivity index (χ2n) is 6.03. The molecule has 2 fully saturated rings. The Balaban J connectivity index is 2.15. The summed E-state index contributed by atoms with van der Waals surface area (Å²) in [5, 5.41) is 0. The predicted octanol–water partition coefficient (Wildman–Crippen LogP) is 0.212. The van der Waals surface area contributed by atoms with Crippen LogP contribution in [0.5, 0.6) is 0 Å². The molecule has 0 N–H and O–H groups in total. The van der Waals surface area contributed by atoms with Crippen molar-refractivity contribution in [1.29, 1.82) is 0 Å². The minimum Gasteiger partial charge on any atom is -0.467 e. The second-order valence-corrected chi connectivity index (χ2v) is 8.01. The van der Waals surface area contributed by atoms with Crippen LogP contribution in [-0.4, -0.2) is 68.5 Å². The number of methoxy groups -OCH3 is 1. The molecule has 0 bridgehead atoms. The quantitative estimate of drug-likeness (QED) is 0.690. The molecule has 0 aromatic rings. The van der Waals surface area contributed by atoms with Gasteiger partial charge in [0, 0.05) is 25.6 Å². The Hall–Kier alpha value is -1.15. The molecule has 1 amide bonds. The summed E-state index contributed by atoms with van der Waals surface area (Å²) in [6, 6.07) is -0.845. The highest BCUT2D eigenvalue weighted by molar-refractivity contribution is 7.88. The van der Waals surface area contributed by atoms with E-state index in [0.717, 1.165) is 38.4 Å². The molecular formula is C14H24N2O5S. The zero-order valence-corrected chi connectivity index (χ0v) is 14.0. The van der Waals surface area contributed by atoms with Crippen LogP contribution in [0.3, 0.4) is 0 Å². The summed E-state index contributed by atoms with van der Waals surface area (Å²) in [5.74, 6) is -0.647. The van der Waals surface area contributed by atoms with Crippen molar-refractivity contribution in [3.05, 3.63) is 0 Å². The van der Waals surface area contributed by atoms with Gasteiger partial charge in [0.15, 0.2) is 0 Å². The average Bonchev–Trinajstić information content (AvgIpc) is 2.52. The molecule has 0 aromatic carbocycles. The third-order valence-electron chi connectivity index (χ3n) is 4.52. The second kappa shape index (κ2) is 6.95. The molecule has 1 aliphatic heterocycles. The van der Waals surface area contributed by atoms with Crippen LogP contribution in [0.25, 0.3) is 0 Å². The van der Waals surface area contributed by atoms with Crippen molar-refractivity contribution in [3.8, 4) is 0 Å². The van der Waals surface area contributed by atoms with E-state index in [2.05, 4.69) is 0 Å². The van der Waals surface area contributed by atoms with E-state index in [4.69, 9.17) is 4.74 Å². The maximum absolute atomic E-state index is 12.7. The Morgan fingerprint density at radius 3 is 2.27 bits per heavy atom. The van der Waals surface area contributed by atoms with Gasteiger partial charge in [-0.05, 0) is 12.8 Å². The Bertz CT molecular complexity index is 527. The van der Waals surface area contributed by atoms with Crippen molar-refractivity contribution in [2.45, 2.75) is 38.1 Å². The maximum atomic E-state index is 12.7. The van der Waals surface area contributed by atoms with Crippen molar-refractivity contribution in [2.75, 3.05) is 33.0 Å². The number of piperazine rings is 1. The van der Waals surface area contributed by atoms with Crippen molar-refractivity contribution >= 4 is 21.9 Å². The van der Waals surface area contributed by atoms with Crippen molar-refractivity contribution in [2.24, 2.45) is 5.92 Å². The molecule has 1 unspecified atom stereocenters. The number of carbonyl (C=O) groups excluding carboxylic acids is 2. The minimum atomic E-state index is -3.39. The lowest BCUT2D eigenvalue weighted by atomic mass is 9.87. The van der Waals surface area contributed by atoms with Gasteiger partial charge in [-0.15, -0.1) is 0 Å². The van der Waals surface area contributed by atoms with Gasteiger partial charge in [0.05, 0.1) is 13.4 Å². The van der Waals surface area contributed by atoms with Crippen LogP contribution in [0.1, 0.15) is 32.1 Å². The van der Waals surface area contributed by atoms with E-state index >= 15 is 0 Å². The Kier molecular flexibility index (Phi) is 5.44. The summed E-state index contributed by atoms with van der Waals surface area (Å²) in [6.07, 6.45) is 6.01.